The van der Waals surface area contributed by atoms with Gasteiger partial charge in [0.2, 0.25) is 5.91 Å². The quantitative estimate of drug-likeness (QED) is 0.866. The molecule has 0 N–H and O–H groups in total. The Morgan fingerprint density at radius 1 is 1.45 bits per heavy atom. The molecule has 0 fully saturated rings. The summed E-state index contributed by atoms with van der Waals surface area (Å²) in [5, 5.41) is 11.6. The van der Waals surface area contributed by atoms with Crippen LogP contribution in [0.25, 0.3) is 0 Å². The maximum Gasteiger partial charge on any atom is 0.231 e. The molecule has 0 radical (unpaired) electrons. The number of benzene rings is 1. The average Bonchev–Trinajstić information content (AvgIpc) is 2.83. The maximum atomic E-state index is 12.3. The molecule has 0 spiro atoms. The second kappa shape index (κ2) is 6.08. The lowest BCUT2D eigenvalue weighted by Gasteiger charge is -2.19. The molecular formula is C15H13ClN2OS. The summed E-state index contributed by atoms with van der Waals surface area (Å²) in [6.45, 7) is 1.99. The van der Waals surface area contributed by atoms with E-state index in [1.807, 2.05) is 18.4 Å². The highest BCUT2D eigenvalue weighted by molar-refractivity contribution is 7.10. The van der Waals surface area contributed by atoms with Gasteiger partial charge in [0.1, 0.15) is 6.07 Å². The van der Waals surface area contributed by atoms with E-state index < -0.39 is 0 Å². The molecule has 0 aliphatic carbocycles. The van der Waals surface area contributed by atoms with Crippen LogP contribution in [0.4, 0.5) is 5.69 Å². The molecule has 0 aliphatic rings. The number of thiophene rings is 1. The number of hydrogen-bond donors (Lipinski definition) is 0. The van der Waals surface area contributed by atoms with Crippen molar-refractivity contribution >= 4 is 34.5 Å². The Balaban J connectivity index is 2.25. The van der Waals surface area contributed by atoms with E-state index in [1.165, 1.54) is 4.90 Å². The summed E-state index contributed by atoms with van der Waals surface area (Å²) in [7, 11) is 1.66. The molecule has 102 valence electrons. The van der Waals surface area contributed by atoms with Crippen LogP contribution in [-0.2, 0) is 11.2 Å². The molecule has 2 aromatic rings. The van der Waals surface area contributed by atoms with Crippen molar-refractivity contribution < 1.29 is 4.79 Å². The van der Waals surface area contributed by atoms with Crippen LogP contribution in [0.3, 0.4) is 0 Å². The first-order chi connectivity index (χ1) is 9.52. The van der Waals surface area contributed by atoms with Gasteiger partial charge in [-0.15, -0.1) is 11.3 Å². The zero-order valence-corrected chi connectivity index (χ0v) is 12.8. The number of nitrogens with zero attached hydrogens (tertiary/aromatic N) is 2. The van der Waals surface area contributed by atoms with Crippen LogP contribution in [0.2, 0.25) is 5.02 Å². The standard InChI is InChI=1S/C15H13ClN2OS/c1-10-11(5-6-20-10)7-15(19)18(2)14-8-13(16)4-3-12(14)9-17/h3-6,8H,7H2,1-2H3. The fourth-order valence-corrected chi connectivity index (χ4v) is 2.78. The van der Waals surface area contributed by atoms with Gasteiger partial charge in [0.25, 0.3) is 0 Å². The molecule has 1 heterocycles. The predicted octanol–water partition coefficient (Wildman–Crippen LogP) is 3.79. The molecule has 2 rings (SSSR count). The summed E-state index contributed by atoms with van der Waals surface area (Å²) in [6, 6.07) is 8.94. The Hall–Kier alpha value is -1.83. The van der Waals surface area contributed by atoms with Gasteiger partial charge in [-0.2, -0.15) is 5.26 Å². The van der Waals surface area contributed by atoms with Crippen LogP contribution in [-0.4, -0.2) is 13.0 Å². The molecule has 20 heavy (non-hydrogen) atoms. The van der Waals surface area contributed by atoms with Crippen molar-refractivity contribution in [1.29, 1.82) is 5.26 Å². The van der Waals surface area contributed by atoms with Gasteiger partial charge in [-0.05, 0) is 42.1 Å². The maximum absolute atomic E-state index is 12.3. The Labute approximate surface area is 127 Å². The van der Waals surface area contributed by atoms with E-state index in [9.17, 15) is 4.79 Å². The smallest absolute Gasteiger partial charge is 0.231 e. The minimum Gasteiger partial charge on any atom is -0.314 e. The summed E-state index contributed by atoms with van der Waals surface area (Å²) in [4.78, 5) is 14.9. The molecule has 0 unspecified atom stereocenters. The van der Waals surface area contributed by atoms with E-state index in [0.717, 1.165) is 10.4 Å². The van der Waals surface area contributed by atoms with Crippen molar-refractivity contribution in [3.05, 3.63) is 50.7 Å². The monoisotopic (exact) mass is 304 g/mol. The molecule has 1 aromatic heterocycles. The lowest BCUT2D eigenvalue weighted by molar-refractivity contribution is -0.117. The van der Waals surface area contributed by atoms with Gasteiger partial charge in [0, 0.05) is 16.9 Å². The first-order valence-electron chi connectivity index (χ1n) is 6.02. The van der Waals surface area contributed by atoms with Gasteiger partial charge >= 0.3 is 0 Å². The number of anilines is 1. The second-order valence-electron chi connectivity index (χ2n) is 4.40. The van der Waals surface area contributed by atoms with E-state index in [0.29, 0.717) is 22.7 Å². The lowest BCUT2D eigenvalue weighted by atomic mass is 10.1. The van der Waals surface area contributed by atoms with E-state index in [1.54, 1.807) is 36.6 Å². The third-order valence-corrected chi connectivity index (χ3v) is 4.25. The minimum absolute atomic E-state index is 0.0646. The number of amides is 1. The van der Waals surface area contributed by atoms with E-state index in [-0.39, 0.29) is 5.91 Å². The highest BCUT2D eigenvalue weighted by Crippen LogP contribution is 2.25. The summed E-state index contributed by atoms with van der Waals surface area (Å²) in [5.74, 6) is -0.0646. The SMILES string of the molecule is Cc1sccc1CC(=O)N(C)c1cc(Cl)ccc1C#N. The molecule has 0 aliphatic heterocycles. The molecule has 1 aromatic carbocycles. The van der Waals surface area contributed by atoms with Crippen molar-refractivity contribution in [3.63, 3.8) is 0 Å². The number of carbonyl (C=O) groups excluding carboxylic acids is 1. The molecule has 0 atom stereocenters. The van der Waals surface area contributed by atoms with Gasteiger partial charge in [0.15, 0.2) is 0 Å². The number of likely N-dealkylation sites (N-methyl/N-ethyl adjacent to an activating group) is 1. The molecule has 3 nitrogen and oxygen atoms in total. The van der Waals surface area contributed by atoms with Gasteiger partial charge in [-0.1, -0.05) is 11.6 Å². The van der Waals surface area contributed by atoms with Gasteiger partial charge in [0.05, 0.1) is 17.7 Å². The van der Waals surface area contributed by atoms with E-state index in [4.69, 9.17) is 16.9 Å². The molecule has 0 bridgehead atoms. The van der Waals surface area contributed by atoms with Gasteiger partial charge < -0.3 is 4.90 Å². The summed E-state index contributed by atoms with van der Waals surface area (Å²) >= 11 is 7.56. The Bertz CT molecular complexity index is 687. The Morgan fingerprint density at radius 2 is 2.20 bits per heavy atom. The zero-order chi connectivity index (χ0) is 14.7. The molecule has 5 heteroatoms. The summed E-state index contributed by atoms with van der Waals surface area (Å²) < 4.78 is 0. The van der Waals surface area contributed by atoms with E-state index in [2.05, 4.69) is 6.07 Å². The Kier molecular flexibility index (Phi) is 4.43. The minimum atomic E-state index is -0.0646. The number of aryl methyl sites for hydroxylation is 1. The van der Waals surface area contributed by atoms with Crippen molar-refractivity contribution in [1.82, 2.24) is 0 Å². The van der Waals surface area contributed by atoms with Gasteiger partial charge in [-0.25, -0.2) is 0 Å². The number of nitriles is 1. The molecular weight excluding hydrogens is 292 g/mol. The highest BCUT2D eigenvalue weighted by atomic mass is 35.5. The van der Waals surface area contributed by atoms with Crippen LogP contribution < -0.4 is 4.90 Å². The molecule has 0 saturated heterocycles. The normalized spacial score (nSPS) is 10.1. The zero-order valence-electron chi connectivity index (χ0n) is 11.2. The van der Waals surface area contributed by atoms with Gasteiger partial charge in [-0.3, -0.25) is 4.79 Å². The Morgan fingerprint density at radius 3 is 2.80 bits per heavy atom. The number of carbonyl (C=O) groups is 1. The number of hydrogen-bond acceptors (Lipinski definition) is 3. The van der Waals surface area contributed by atoms with Crippen LogP contribution in [0.5, 0.6) is 0 Å². The number of rotatable bonds is 3. The predicted molar refractivity (Wildman–Crippen MR) is 82.3 cm³/mol. The molecule has 1 amide bonds. The third kappa shape index (κ3) is 3.01. The summed E-state index contributed by atoms with van der Waals surface area (Å²) in [6.07, 6.45) is 0.323. The third-order valence-electron chi connectivity index (χ3n) is 3.12. The number of halogens is 1. The highest BCUT2D eigenvalue weighted by Gasteiger charge is 2.16. The fourth-order valence-electron chi connectivity index (χ4n) is 1.89. The fraction of sp³-hybridized carbons (Fsp3) is 0.200. The van der Waals surface area contributed by atoms with Crippen molar-refractivity contribution in [2.24, 2.45) is 0 Å². The largest absolute Gasteiger partial charge is 0.314 e. The topological polar surface area (TPSA) is 44.1 Å². The van der Waals surface area contributed by atoms with Crippen LogP contribution in [0.15, 0.2) is 29.6 Å². The van der Waals surface area contributed by atoms with Crippen molar-refractivity contribution in [2.45, 2.75) is 13.3 Å². The summed E-state index contributed by atoms with van der Waals surface area (Å²) in [5.41, 5.74) is 2.00. The molecule has 0 saturated carbocycles. The van der Waals surface area contributed by atoms with Crippen LogP contribution >= 0.6 is 22.9 Å². The average molecular weight is 305 g/mol. The first-order valence-corrected chi connectivity index (χ1v) is 7.28. The van der Waals surface area contributed by atoms with Crippen LogP contribution in [0, 0.1) is 18.3 Å². The van der Waals surface area contributed by atoms with Crippen LogP contribution in [0.1, 0.15) is 16.0 Å². The van der Waals surface area contributed by atoms with E-state index >= 15 is 0 Å². The first kappa shape index (κ1) is 14.6. The van der Waals surface area contributed by atoms with Crippen molar-refractivity contribution in [2.75, 3.05) is 11.9 Å². The lowest BCUT2D eigenvalue weighted by Crippen LogP contribution is -2.28. The second-order valence-corrected chi connectivity index (χ2v) is 5.96. The van der Waals surface area contributed by atoms with Crippen molar-refractivity contribution in [3.8, 4) is 6.07 Å².